The summed E-state index contributed by atoms with van der Waals surface area (Å²) < 4.78 is 38.6. The Bertz CT molecular complexity index is 427. The minimum Gasteiger partial charge on any atom is -0.381 e. The molecule has 0 amide bonds. The molecule has 5 heteroatoms. The Balaban J connectivity index is 2.19. The van der Waals surface area contributed by atoms with Crippen LogP contribution in [0, 0.1) is 5.92 Å². The van der Waals surface area contributed by atoms with Crippen LogP contribution in [0.15, 0.2) is 18.2 Å². The molecule has 1 aliphatic carbocycles. The van der Waals surface area contributed by atoms with Crippen molar-refractivity contribution < 1.29 is 13.2 Å². The molecule has 1 atom stereocenters. The second-order valence-corrected chi connectivity index (χ2v) is 5.29. The molecule has 1 saturated carbocycles. The SMILES string of the molecule is CC(CC1CC1)Nc1c(Cl)cccc1C(F)(F)F. The van der Waals surface area contributed by atoms with Gasteiger partial charge in [0.15, 0.2) is 0 Å². The maximum absolute atomic E-state index is 12.9. The third-order valence-corrected chi connectivity index (χ3v) is 3.41. The van der Waals surface area contributed by atoms with Gasteiger partial charge in [0.1, 0.15) is 0 Å². The summed E-state index contributed by atoms with van der Waals surface area (Å²) in [5, 5.41) is 3.02. The Morgan fingerprint density at radius 2 is 2.06 bits per heavy atom. The Hall–Kier alpha value is -0.900. The van der Waals surface area contributed by atoms with E-state index in [-0.39, 0.29) is 16.8 Å². The van der Waals surface area contributed by atoms with Crippen LogP contribution in [0.25, 0.3) is 0 Å². The van der Waals surface area contributed by atoms with Gasteiger partial charge in [-0.15, -0.1) is 0 Å². The lowest BCUT2D eigenvalue weighted by atomic mass is 10.1. The molecular weight excluding hydrogens is 263 g/mol. The number of hydrogen-bond acceptors (Lipinski definition) is 1. The van der Waals surface area contributed by atoms with Crippen molar-refractivity contribution in [1.29, 1.82) is 0 Å². The van der Waals surface area contributed by atoms with E-state index in [4.69, 9.17) is 11.6 Å². The van der Waals surface area contributed by atoms with Crippen molar-refractivity contribution in [2.24, 2.45) is 5.92 Å². The Labute approximate surface area is 109 Å². The van der Waals surface area contributed by atoms with Crippen molar-refractivity contribution in [3.63, 3.8) is 0 Å². The van der Waals surface area contributed by atoms with Crippen molar-refractivity contribution in [2.45, 2.75) is 38.4 Å². The van der Waals surface area contributed by atoms with Gasteiger partial charge in [-0.05, 0) is 31.4 Å². The van der Waals surface area contributed by atoms with E-state index in [9.17, 15) is 13.2 Å². The highest BCUT2D eigenvalue weighted by Gasteiger charge is 2.35. The van der Waals surface area contributed by atoms with E-state index in [0.717, 1.165) is 12.5 Å². The average molecular weight is 278 g/mol. The van der Waals surface area contributed by atoms with Gasteiger partial charge in [0.05, 0.1) is 16.3 Å². The Kier molecular flexibility index (Phi) is 3.76. The van der Waals surface area contributed by atoms with Crippen LogP contribution in [-0.2, 0) is 6.18 Å². The van der Waals surface area contributed by atoms with Gasteiger partial charge in [0.2, 0.25) is 0 Å². The zero-order valence-corrected chi connectivity index (χ0v) is 10.8. The van der Waals surface area contributed by atoms with E-state index < -0.39 is 11.7 Å². The highest BCUT2D eigenvalue weighted by molar-refractivity contribution is 6.33. The van der Waals surface area contributed by atoms with E-state index >= 15 is 0 Å². The molecule has 0 bridgehead atoms. The molecule has 0 saturated heterocycles. The van der Waals surface area contributed by atoms with Crippen molar-refractivity contribution in [3.05, 3.63) is 28.8 Å². The number of anilines is 1. The molecule has 0 aromatic heterocycles. The Morgan fingerprint density at radius 3 is 2.61 bits per heavy atom. The molecule has 100 valence electrons. The van der Waals surface area contributed by atoms with E-state index in [1.54, 1.807) is 0 Å². The zero-order chi connectivity index (χ0) is 13.3. The monoisotopic (exact) mass is 277 g/mol. The summed E-state index contributed by atoms with van der Waals surface area (Å²) in [7, 11) is 0. The second kappa shape index (κ2) is 5.00. The second-order valence-electron chi connectivity index (χ2n) is 4.88. The van der Waals surface area contributed by atoms with Crippen LogP contribution in [0.2, 0.25) is 5.02 Å². The molecule has 1 aromatic carbocycles. The van der Waals surface area contributed by atoms with Gasteiger partial charge in [0, 0.05) is 6.04 Å². The maximum atomic E-state index is 12.9. The summed E-state index contributed by atoms with van der Waals surface area (Å²) in [6.45, 7) is 1.89. The number of halogens is 4. The van der Waals surface area contributed by atoms with Gasteiger partial charge in [-0.25, -0.2) is 0 Å². The first-order valence-electron chi connectivity index (χ1n) is 6.00. The molecule has 0 spiro atoms. The van der Waals surface area contributed by atoms with Gasteiger partial charge in [-0.1, -0.05) is 30.5 Å². The molecule has 0 aliphatic heterocycles. The molecule has 1 unspecified atom stereocenters. The lowest BCUT2D eigenvalue weighted by molar-refractivity contribution is -0.137. The average Bonchev–Trinajstić information content (AvgIpc) is 3.03. The maximum Gasteiger partial charge on any atom is 0.418 e. The van der Waals surface area contributed by atoms with E-state index in [1.807, 2.05) is 6.92 Å². The van der Waals surface area contributed by atoms with Crippen LogP contribution in [-0.4, -0.2) is 6.04 Å². The highest BCUT2D eigenvalue weighted by Crippen LogP contribution is 2.40. The topological polar surface area (TPSA) is 12.0 Å². The number of nitrogens with one attached hydrogen (secondary N) is 1. The molecule has 18 heavy (non-hydrogen) atoms. The van der Waals surface area contributed by atoms with Crippen molar-refractivity contribution in [3.8, 4) is 0 Å². The molecule has 0 heterocycles. The van der Waals surface area contributed by atoms with Crippen molar-refractivity contribution in [2.75, 3.05) is 5.32 Å². The fourth-order valence-corrected chi connectivity index (χ4v) is 2.30. The van der Waals surface area contributed by atoms with Gasteiger partial charge in [-0.2, -0.15) is 13.2 Å². The van der Waals surface area contributed by atoms with Crippen molar-refractivity contribution >= 4 is 17.3 Å². The lowest BCUT2D eigenvalue weighted by Gasteiger charge is -2.20. The van der Waals surface area contributed by atoms with Gasteiger partial charge in [-0.3, -0.25) is 0 Å². The lowest BCUT2D eigenvalue weighted by Crippen LogP contribution is -2.19. The summed E-state index contributed by atoms with van der Waals surface area (Å²) in [6.07, 6.45) is -1.13. The molecule has 2 rings (SSSR count). The van der Waals surface area contributed by atoms with Gasteiger partial charge in [0.25, 0.3) is 0 Å². The smallest absolute Gasteiger partial charge is 0.381 e. The zero-order valence-electron chi connectivity index (χ0n) is 10.0. The molecular formula is C13H15ClF3N. The summed E-state index contributed by atoms with van der Waals surface area (Å²) in [5.41, 5.74) is -0.697. The fraction of sp³-hybridized carbons (Fsp3) is 0.538. The van der Waals surface area contributed by atoms with Crippen LogP contribution in [0.5, 0.6) is 0 Å². The number of alkyl halides is 3. The first-order valence-corrected chi connectivity index (χ1v) is 6.38. The third-order valence-electron chi connectivity index (χ3n) is 3.09. The van der Waals surface area contributed by atoms with E-state index in [1.165, 1.54) is 25.0 Å². The summed E-state index contributed by atoms with van der Waals surface area (Å²) >= 11 is 5.87. The third kappa shape index (κ3) is 3.31. The molecule has 1 aliphatic rings. The Morgan fingerprint density at radius 1 is 1.39 bits per heavy atom. The molecule has 1 fully saturated rings. The largest absolute Gasteiger partial charge is 0.418 e. The number of rotatable bonds is 4. The fourth-order valence-electron chi connectivity index (χ4n) is 2.07. The van der Waals surface area contributed by atoms with Crippen molar-refractivity contribution in [1.82, 2.24) is 0 Å². The summed E-state index contributed by atoms with van der Waals surface area (Å²) in [4.78, 5) is 0. The van der Waals surface area contributed by atoms with E-state index in [0.29, 0.717) is 5.92 Å². The van der Waals surface area contributed by atoms with Gasteiger partial charge >= 0.3 is 6.18 Å². The van der Waals surface area contributed by atoms with Gasteiger partial charge < -0.3 is 5.32 Å². The number of para-hydroxylation sites is 1. The minimum absolute atomic E-state index is 0.000170. The highest BCUT2D eigenvalue weighted by atomic mass is 35.5. The predicted octanol–water partition coefficient (Wildman–Crippen LogP) is 4.96. The van der Waals surface area contributed by atoms with Crippen LogP contribution >= 0.6 is 11.6 Å². The standard InChI is InChI=1S/C13H15ClF3N/c1-8(7-9-5-6-9)18-12-10(13(15,16)17)3-2-4-11(12)14/h2-4,8-9,18H,5-7H2,1H3. The first kappa shape index (κ1) is 13.5. The van der Waals surface area contributed by atoms with E-state index in [2.05, 4.69) is 5.32 Å². The predicted molar refractivity (Wildman–Crippen MR) is 66.9 cm³/mol. The minimum atomic E-state index is -4.38. The van der Waals surface area contributed by atoms with Crippen LogP contribution < -0.4 is 5.32 Å². The number of benzene rings is 1. The van der Waals surface area contributed by atoms with Crippen LogP contribution in [0.4, 0.5) is 18.9 Å². The molecule has 1 aromatic rings. The van der Waals surface area contributed by atoms with Crippen LogP contribution in [0.3, 0.4) is 0 Å². The quantitative estimate of drug-likeness (QED) is 0.820. The normalized spacial score (nSPS) is 17.6. The number of hydrogen-bond donors (Lipinski definition) is 1. The molecule has 1 N–H and O–H groups in total. The summed E-state index contributed by atoms with van der Waals surface area (Å²) in [6, 6.07) is 3.85. The first-order chi connectivity index (χ1) is 8.38. The molecule has 1 nitrogen and oxygen atoms in total. The van der Waals surface area contributed by atoms with Crippen LogP contribution in [0.1, 0.15) is 31.7 Å². The molecule has 0 radical (unpaired) electrons. The summed E-state index contributed by atoms with van der Waals surface area (Å²) in [5.74, 6) is 0.657.